The average Bonchev–Trinajstić information content (AvgIpc) is 2.41. The second-order valence-electron chi connectivity index (χ2n) is 4.93. The molecule has 2 rings (SSSR count). The fourth-order valence-corrected chi connectivity index (χ4v) is 2.33. The van der Waals surface area contributed by atoms with Crippen LogP contribution in [-0.2, 0) is 0 Å². The van der Waals surface area contributed by atoms with E-state index in [2.05, 4.69) is 15.9 Å². The summed E-state index contributed by atoms with van der Waals surface area (Å²) in [6, 6.07) is 12.9. The van der Waals surface area contributed by atoms with Crippen molar-refractivity contribution in [1.82, 2.24) is 0 Å². The van der Waals surface area contributed by atoms with Gasteiger partial charge in [-0.3, -0.25) is 4.79 Å². The minimum Gasteiger partial charge on any atom is -0.491 e. The van der Waals surface area contributed by atoms with E-state index in [4.69, 9.17) is 4.74 Å². The predicted octanol–water partition coefficient (Wildman–Crippen LogP) is 4.78. The van der Waals surface area contributed by atoms with Crippen LogP contribution in [0, 0.1) is 6.92 Å². The summed E-state index contributed by atoms with van der Waals surface area (Å²) >= 11 is 3.45. The number of carbonyl (C=O) groups is 1. The molecule has 0 aliphatic rings. The lowest BCUT2D eigenvalue weighted by Crippen LogP contribution is -2.07. The highest BCUT2D eigenvalue weighted by atomic mass is 79.9. The molecule has 2 nitrogen and oxygen atoms in total. The van der Waals surface area contributed by atoms with Crippen LogP contribution in [0.5, 0.6) is 5.75 Å². The molecule has 0 saturated heterocycles. The van der Waals surface area contributed by atoms with E-state index in [1.165, 1.54) is 0 Å². The molecule has 0 fully saturated rings. The Hall–Kier alpha value is -1.61. The van der Waals surface area contributed by atoms with Crippen LogP contribution >= 0.6 is 15.9 Å². The monoisotopic (exact) mass is 332 g/mol. The Balaban J connectivity index is 2.27. The molecule has 0 amide bonds. The maximum Gasteiger partial charge on any atom is 0.193 e. The van der Waals surface area contributed by atoms with Crippen LogP contribution in [0.15, 0.2) is 46.9 Å². The molecule has 20 heavy (non-hydrogen) atoms. The predicted molar refractivity (Wildman–Crippen MR) is 84.5 cm³/mol. The first kappa shape index (κ1) is 14.8. The number of ether oxygens (including phenoxy) is 1. The number of hydrogen-bond acceptors (Lipinski definition) is 2. The SMILES string of the molecule is Cc1c(Br)cccc1C(=O)c1ccc(OC(C)C)cc1. The number of halogens is 1. The summed E-state index contributed by atoms with van der Waals surface area (Å²) in [6.45, 7) is 5.89. The molecule has 104 valence electrons. The summed E-state index contributed by atoms with van der Waals surface area (Å²) < 4.78 is 6.53. The molecular weight excluding hydrogens is 316 g/mol. The Morgan fingerprint density at radius 2 is 1.75 bits per heavy atom. The highest BCUT2D eigenvalue weighted by Crippen LogP contribution is 2.23. The van der Waals surface area contributed by atoms with Gasteiger partial charge in [-0.1, -0.05) is 28.1 Å². The first-order chi connectivity index (χ1) is 9.49. The molecule has 0 unspecified atom stereocenters. The van der Waals surface area contributed by atoms with Gasteiger partial charge in [-0.05, 0) is 56.7 Å². The lowest BCUT2D eigenvalue weighted by molar-refractivity contribution is 0.103. The number of carbonyl (C=O) groups excluding carboxylic acids is 1. The zero-order valence-electron chi connectivity index (χ0n) is 11.8. The van der Waals surface area contributed by atoms with E-state index in [-0.39, 0.29) is 11.9 Å². The molecule has 0 aliphatic carbocycles. The molecule has 0 radical (unpaired) electrons. The third-order valence-corrected chi connectivity index (χ3v) is 3.86. The topological polar surface area (TPSA) is 26.3 Å². The van der Waals surface area contributed by atoms with E-state index >= 15 is 0 Å². The summed E-state index contributed by atoms with van der Waals surface area (Å²) in [5.74, 6) is 0.808. The van der Waals surface area contributed by atoms with Gasteiger partial charge in [0, 0.05) is 15.6 Å². The van der Waals surface area contributed by atoms with Gasteiger partial charge in [-0.15, -0.1) is 0 Å². The van der Waals surface area contributed by atoms with Gasteiger partial charge in [0.1, 0.15) is 5.75 Å². The van der Waals surface area contributed by atoms with Crippen molar-refractivity contribution in [2.45, 2.75) is 26.9 Å². The number of benzene rings is 2. The molecule has 0 saturated carbocycles. The van der Waals surface area contributed by atoms with Gasteiger partial charge in [-0.25, -0.2) is 0 Å². The van der Waals surface area contributed by atoms with Crippen molar-refractivity contribution in [2.24, 2.45) is 0 Å². The van der Waals surface area contributed by atoms with Gasteiger partial charge < -0.3 is 4.74 Å². The number of rotatable bonds is 4. The first-order valence-corrected chi connectivity index (χ1v) is 7.35. The van der Waals surface area contributed by atoms with Crippen LogP contribution in [0.2, 0.25) is 0 Å². The van der Waals surface area contributed by atoms with Crippen LogP contribution in [0.25, 0.3) is 0 Å². The summed E-state index contributed by atoms with van der Waals surface area (Å²) in [5.41, 5.74) is 2.35. The van der Waals surface area contributed by atoms with Gasteiger partial charge >= 0.3 is 0 Å². The van der Waals surface area contributed by atoms with Crippen LogP contribution in [0.1, 0.15) is 35.3 Å². The third-order valence-electron chi connectivity index (χ3n) is 3.00. The fourth-order valence-electron chi connectivity index (χ4n) is 1.97. The maximum atomic E-state index is 12.5. The standard InChI is InChI=1S/C17H17BrO2/c1-11(2)20-14-9-7-13(8-10-14)17(19)15-5-4-6-16(18)12(15)3/h4-11H,1-3H3. The van der Waals surface area contributed by atoms with Crippen molar-refractivity contribution in [3.05, 3.63) is 63.6 Å². The second-order valence-corrected chi connectivity index (χ2v) is 5.79. The highest BCUT2D eigenvalue weighted by molar-refractivity contribution is 9.10. The van der Waals surface area contributed by atoms with Gasteiger partial charge in [0.25, 0.3) is 0 Å². The molecule has 0 spiro atoms. The highest BCUT2D eigenvalue weighted by Gasteiger charge is 2.13. The van der Waals surface area contributed by atoms with Crippen molar-refractivity contribution in [2.75, 3.05) is 0 Å². The Kier molecular flexibility index (Phi) is 4.61. The smallest absolute Gasteiger partial charge is 0.193 e. The van der Waals surface area contributed by atoms with Crippen molar-refractivity contribution in [3.63, 3.8) is 0 Å². The first-order valence-electron chi connectivity index (χ1n) is 6.55. The molecule has 0 atom stereocenters. The van der Waals surface area contributed by atoms with Crippen LogP contribution in [0.4, 0.5) is 0 Å². The second kappa shape index (κ2) is 6.23. The summed E-state index contributed by atoms with van der Waals surface area (Å²) in [7, 11) is 0. The third kappa shape index (κ3) is 3.28. The summed E-state index contributed by atoms with van der Waals surface area (Å²) in [6.07, 6.45) is 0.129. The summed E-state index contributed by atoms with van der Waals surface area (Å²) in [5, 5.41) is 0. The van der Waals surface area contributed by atoms with Gasteiger partial charge in [0.05, 0.1) is 6.10 Å². The molecule has 2 aromatic carbocycles. The molecule has 2 aromatic rings. The molecule has 0 bridgehead atoms. The zero-order valence-corrected chi connectivity index (χ0v) is 13.4. The van der Waals surface area contributed by atoms with E-state index in [1.807, 2.05) is 51.1 Å². The molecule has 0 heterocycles. The van der Waals surface area contributed by atoms with Crippen LogP contribution < -0.4 is 4.74 Å². The molecular formula is C17H17BrO2. The Morgan fingerprint density at radius 1 is 1.10 bits per heavy atom. The lowest BCUT2D eigenvalue weighted by Gasteiger charge is -2.10. The summed E-state index contributed by atoms with van der Waals surface area (Å²) in [4.78, 5) is 12.5. The van der Waals surface area contributed by atoms with E-state index in [9.17, 15) is 4.79 Å². The Bertz CT molecular complexity index is 615. The van der Waals surface area contributed by atoms with Crippen molar-refractivity contribution >= 4 is 21.7 Å². The Labute approximate surface area is 127 Å². The van der Waals surface area contributed by atoms with Gasteiger partial charge in [-0.2, -0.15) is 0 Å². The number of ketones is 1. The van der Waals surface area contributed by atoms with Gasteiger partial charge in [0.2, 0.25) is 0 Å². The van der Waals surface area contributed by atoms with Crippen molar-refractivity contribution in [1.29, 1.82) is 0 Å². The van der Waals surface area contributed by atoms with Crippen molar-refractivity contribution < 1.29 is 9.53 Å². The number of hydrogen-bond donors (Lipinski definition) is 0. The largest absolute Gasteiger partial charge is 0.491 e. The Morgan fingerprint density at radius 3 is 2.35 bits per heavy atom. The lowest BCUT2D eigenvalue weighted by atomic mass is 9.99. The van der Waals surface area contributed by atoms with E-state index in [0.29, 0.717) is 5.56 Å². The van der Waals surface area contributed by atoms with E-state index < -0.39 is 0 Å². The van der Waals surface area contributed by atoms with Crippen LogP contribution in [0.3, 0.4) is 0 Å². The average molecular weight is 333 g/mol. The fraction of sp³-hybridized carbons (Fsp3) is 0.235. The van der Waals surface area contributed by atoms with E-state index in [1.54, 1.807) is 12.1 Å². The quantitative estimate of drug-likeness (QED) is 0.753. The van der Waals surface area contributed by atoms with Gasteiger partial charge in [0.15, 0.2) is 5.78 Å². The maximum absolute atomic E-state index is 12.5. The minimum absolute atomic E-state index is 0.0277. The normalized spacial score (nSPS) is 10.7. The minimum atomic E-state index is 0.0277. The molecule has 0 N–H and O–H groups in total. The van der Waals surface area contributed by atoms with Crippen LogP contribution in [-0.4, -0.2) is 11.9 Å². The molecule has 0 aliphatic heterocycles. The molecule has 3 heteroatoms. The van der Waals surface area contributed by atoms with Crippen molar-refractivity contribution in [3.8, 4) is 5.75 Å². The van der Waals surface area contributed by atoms with E-state index in [0.717, 1.165) is 21.3 Å². The molecule has 0 aromatic heterocycles. The zero-order chi connectivity index (χ0) is 14.7.